The number of carbonyl (C=O) groups excluding carboxylic acids is 1. The van der Waals surface area contributed by atoms with Crippen LogP contribution < -0.4 is 19.5 Å². The molecule has 1 unspecified atom stereocenters. The summed E-state index contributed by atoms with van der Waals surface area (Å²) in [6.07, 6.45) is 0. The van der Waals surface area contributed by atoms with Crippen molar-refractivity contribution in [2.75, 3.05) is 27.9 Å². The molecule has 0 aliphatic carbocycles. The smallest absolute Gasteiger partial charge is 0.322 e. The van der Waals surface area contributed by atoms with E-state index in [4.69, 9.17) is 18.9 Å². The van der Waals surface area contributed by atoms with E-state index in [0.29, 0.717) is 30.4 Å². The Labute approximate surface area is 125 Å². The molecule has 6 heteroatoms. The number of benzene rings is 1. The molecule has 0 saturated carbocycles. The summed E-state index contributed by atoms with van der Waals surface area (Å²) in [5.41, 5.74) is 0.817. The molecular formula is C15H23NO5. The fourth-order valence-corrected chi connectivity index (χ4v) is 1.86. The van der Waals surface area contributed by atoms with Crippen LogP contribution in [0, 0.1) is 0 Å². The minimum Gasteiger partial charge on any atom is -0.496 e. The maximum atomic E-state index is 11.6. The van der Waals surface area contributed by atoms with Gasteiger partial charge in [-0.1, -0.05) is 0 Å². The molecule has 1 aromatic rings. The lowest BCUT2D eigenvalue weighted by atomic mass is 10.1. The summed E-state index contributed by atoms with van der Waals surface area (Å²) < 4.78 is 20.9. The molecule has 21 heavy (non-hydrogen) atoms. The van der Waals surface area contributed by atoms with E-state index < -0.39 is 6.04 Å². The van der Waals surface area contributed by atoms with E-state index >= 15 is 0 Å². The Balaban J connectivity index is 2.89. The Kier molecular flexibility index (Phi) is 6.81. The van der Waals surface area contributed by atoms with E-state index in [2.05, 4.69) is 5.32 Å². The third-order valence-electron chi connectivity index (χ3n) is 3.04. The lowest BCUT2D eigenvalue weighted by Gasteiger charge is -2.17. The third kappa shape index (κ3) is 4.53. The topological polar surface area (TPSA) is 66.0 Å². The van der Waals surface area contributed by atoms with E-state index in [1.807, 2.05) is 0 Å². The number of hydrogen-bond donors (Lipinski definition) is 1. The number of nitrogens with one attached hydrogen (secondary N) is 1. The van der Waals surface area contributed by atoms with Crippen LogP contribution in [-0.4, -0.2) is 39.9 Å². The van der Waals surface area contributed by atoms with Crippen molar-refractivity contribution in [3.8, 4) is 17.2 Å². The second kappa shape index (κ2) is 8.36. The van der Waals surface area contributed by atoms with Gasteiger partial charge in [-0.25, -0.2) is 0 Å². The van der Waals surface area contributed by atoms with Crippen molar-refractivity contribution in [1.82, 2.24) is 5.32 Å². The molecule has 0 saturated heterocycles. The zero-order chi connectivity index (χ0) is 15.8. The maximum absolute atomic E-state index is 11.6. The van der Waals surface area contributed by atoms with Crippen molar-refractivity contribution in [3.63, 3.8) is 0 Å². The second-order valence-electron chi connectivity index (χ2n) is 4.37. The Hall–Kier alpha value is -1.95. The van der Waals surface area contributed by atoms with Gasteiger partial charge in [0.2, 0.25) is 0 Å². The largest absolute Gasteiger partial charge is 0.496 e. The second-order valence-corrected chi connectivity index (χ2v) is 4.37. The molecule has 1 rings (SSSR count). The van der Waals surface area contributed by atoms with Gasteiger partial charge in [-0.15, -0.1) is 0 Å². The van der Waals surface area contributed by atoms with Crippen LogP contribution in [0.5, 0.6) is 17.2 Å². The van der Waals surface area contributed by atoms with Crippen LogP contribution in [-0.2, 0) is 16.1 Å². The predicted octanol–water partition coefficient (Wildman–Crippen LogP) is 1.75. The molecule has 0 radical (unpaired) electrons. The summed E-state index contributed by atoms with van der Waals surface area (Å²) in [5, 5.41) is 3.10. The van der Waals surface area contributed by atoms with Crippen LogP contribution in [0.2, 0.25) is 0 Å². The minimum absolute atomic E-state index is 0.288. The number of methoxy groups -OCH3 is 3. The molecule has 0 aromatic heterocycles. The maximum Gasteiger partial charge on any atom is 0.322 e. The summed E-state index contributed by atoms with van der Waals surface area (Å²) in [6, 6.07) is 3.13. The Morgan fingerprint density at radius 2 is 1.71 bits per heavy atom. The fourth-order valence-electron chi connectivity index (χ4n) is 1.86. The Bertz CT molecular complexity index is 450. The van der Waals surface area contributed by atoms with E-state index in [-0.39, 0.29) is 5.97 Å². The van der Waals surface area contributed by atoms with Gasteiger partial charge in [0.1, 0.15) is 23.3 Å². The van der Waals surface area contributed by atoms with Gasteiger partial charge in [0.15, 0.2) is 0 Å². The summed E-state index contributed by atoms with van der Waals surface area (Å²) in [6.45, 7) is 4.30. The van der Waals surface area contributed by atoms with Crippen LogP contribution in [0.1, 0.15) is 19.4 Å². The summed E-state index contributed by atoms with van der Waals surface area (Å²) in [7, 11) is 4.73. The number of carbonyl (C=O) groups is 1. The van der Waals surface area contributed by atoms with Gasteiger partial charge in [-0.2, -0.15) is 0 Å². The predicted molar refractivity (Wildman–Crippen MR) is 79.0 cm³/mol. The van der Waals surface area contributed by atoms with Gasteiger partial charge in [0.05, 0.1) is 33.5 Å². The molecule has 118 valence electrons. The molecular weight excluding hydrogens is 274 g/mol. The van der Waals surface area contributed by atoms with Crippen LogP contribution in [0.3, 0.4) is 0 Å². The summed E-state index contributed by atoms with van der Waals surface area (Å²) >= 11 is 0. The highest BCUT2D eigenvalue weighted by Gasteiger charge is 2.17. The minimum atomic E-state index is -0.415. The first-order chi connectivity index (χ1) is 10.1. The van der Waals surface area contributed by atoms with E-state index in [0.717, 1.165) is 5.56 Å². The number of hydrogen-bond acceptors (Lipinski definition) is 6. The standard InChI is InChI=1S/C15H23NO5/c1-6-21-15(17)10(2)16-9-12-13(19-4)7-11(18-3)8-14(12)20-5/h7-8,10,16H,6,9H2,1-5H3. The molecule has 1 atom stereocenters. The van der Waals surface area contributed by atoms with Gasteiger partial charge < -0.3 is 24.3 Å². The molecule has 0 heterocycles. The summed E-state index contributed by atoms with van der Waals surface area (Å²) in [4.78, 5) is 11.6. The number of esters is 1. The van der Waals surface area contributed by atoms with Crippen LogP contribution in [0.15, 0.2) is 12.1 Å². The van der Waals surface area contributed by atoms with Crippen LogP contribution in [0.25, 0.3) is 0 Å². The molecule has 1 aromatic carbocycles. The third-order valence-corrected chi connectivity index (χ3v) is 3.04. The van der Waals surface area contributed by atoms with Crippen molar-refractivity contribution in [3.05, 3.63) is 17.7 Å². The van der Waals surface area contributed by atoms with Crippen LogP contribution in [0.4, 0.5) is 0 Å². The highest BCUT2D eigenvalue weighted by Crippen LogP contribution is 2.33. The first kappa shape index (κ1) is 17.1. The Morgan fingerprint density at radius 3 is 2.14 bits per heavy atom. The van der Waals surface area contributed by atoms with Gasteiger partial charge in [-0.3, -0.25) is 4.79 Å². The van der Waals surface area contributed by atoms with Crippen molar-refractivity contribution < 1.29 is 23.7 Å². The van der Waals surface area contributed by atoms with Crippen molar-refractivity contribution in [2.24, 2.45) is 0 Å². The zero-order valence-corrected chi connectivity index (χ0v) is 13.2. The molecule has 0 aliphatic heterocycles. The quantitative estimate of drug-likeness (QED) is 0.738. The van der Waals surface area contributed by atoms with Gasteiger partial charge in [0, 0.05) is 18.7 Å². The molecule has 0 aliphatic rings. The zero-order valence-electron chi connectivity index (χ0n) is 13.2. The van der Waals surface area contributed by atoms with E-state index in [9.17, 15) is 4.79 Å². The molecule has 0 fully saturated rings. The Morgan fingerprint density at radius 1 is 1.14 bits per heavy atom. The average Bonchev–Trinajstić information content (AvgIpc) is 2.51. The normalized spacial score (nSPS) is 11.7. The monoisotopic (exact) mass is 297 g/mol. The lowest BCUT2D eigenvalue weighted by molar-refractivity contribution is -0.145. The van der Waals surface area contributed by atoms with Gasteiger partial charge >= 0.3 is 5.97 Å². The molecule has 0 bridgehead atoms. The van der Waals surface area contributed by atoms with Crippen molar-refractivity contribution >= 4 is 5.97 Å². The van der Waals surface area contributed by atoms with E-state index in [1.54, 1.807) is 47.3 Å². The molecule has 1 N–H and O–H groups in total. The summed E-state index contributed by atoms with van der Waals surface area (Å²) in [5.74, 6) is 1.62. The van der Waals surface area contributed by atoms with E-state index in [1.165, 1.54) is 0 Å². The van der Waals surface area contributed by atoms with Crippen molar-refractivity contribution in [1.29, 1.82) is 0 Å². The first-order valence-electron chi connectivity index (χ1n) is 6.76. The van der Waals surface area contributed by atoms with Crippen LogP contribution >= 0.6 is 0 Å². The lowest BCUT2D eigenvalue weighted by Crippen LogP contribution is -2.35. The molecule has 0 spiro atoms. The van der Waals surface area contributed by atoms with Crippen molar-refractivity contribution in [2.45, 2.75) is 26.4 Å². The highest BCUT2D eigenvalue weighted by molar-refractivity contribution is 5.75. The van der Waals surface area contributed by atoms with Gasteiger partial charge in [-0.05, 0) is 13.8 Å². The first-order valence-corrected chi connectivity index (χ1v) is 6.76. The number of rotatable bonds is 8. The molecule has 6 nitrogen and oxygen atoms in total. The SMILES string of the molecule is CCOC(=O)C(C)NCc1c(OC)cc(OC)cc1OC. The average molecular weight is 297 g/mol. The number of ether oxygens (including phenoxy) is 4. The molecule has 0 amide bonds. The van der Waals surface area contributed by atoms with Gasteiger partial charge in [0.25, 0.3) is 0 Å². The fraction of sp³-hybridized carbons (Fsp3) is 0.533. The highest BCUT2D eigenvalue weighted by atomic mass is 16.5.